The minimum Gasteiger partial charge on any atom is -0.394 e. The van der Waals surface area contributed by atoms with Gasteiger partial charge in [-0.1, -0.05) is 0 Å². The molecule has 17 heavy (non-hydrogen) atoms. The number of hydrogen-bond acceptors (Lipinski definition) is 6. The monoisotopic (exact) mass is 261 g/mol. The molecule has 2 unspecified atom stereocenters. The number of halogens is 1. The molecule has 0 saturated carbocycles. The van der Waals surface area contributed by atoms with Gasteiger partial charge in [0.15, 0.2) is 12.4 Å². The molecule has 0 aromatic carbocycles. The number of nitrogen functional groups attached to an aromatic ring is 1. The van der Waals surface area contributed by atoms with Gasteiger partial charge in [0.1, 0.15) is 18.0 Å². The first kappa shape index (κ1) is 12.4. The van der Waals surface area contributed by atoms with E-state index in [-0.39, 0.29) is 10.6 Å². The van der Waals surface area contributed by atoms with Crippen molar-refractivity contribution in [3.05, 3.63) is 17.0 Å². The van der Waals surface area contributed by atoms with Gasteiger partial charge in [-0.25, -0.2) is 9.37 Å². The Labute approximate surface area is 101 Å². The third-order valence-electron chi connectivity index (χ3n) is 2.60. The Morgan fingerprint density at radius 2 is 2.35 bits per heavy atom. The number of aliphatic hydroxyl groups excluding tert-OH is 2. The Hall–Kier alpha value is -1.09. The lowest BCUT2D eigenvalue weighted by molar-refractivity contribution is -0.0483. The van der Waals surface area contributed by atoms with Crippen LogP contribution in [0.4, 0.5) is 10.2 Å². The van der Waals surface area contributed by atoms with Gasteiger partial charge < -0.3 is 20.7 Å². The Morgan fingerprint density at radius 1 is 1.65 bits per heavy atom. The molecule has 2 rings (SSSR count). The molecule has 1 aliphatic heterocycles. The van der Waals surface area contributed by atoms with E-state index in [1.807, 2.05) is 0 Å². The topological polar surface area (TPSA) is 93.5 Å². The summed E-state index contributed by atoms with van der Waals surface area (Å²) in [5, 5.41) is 18.4. The number of anilines is 1. The van der Waals surface area contributed by atoms with Gasteiger partial charge in [0.25, 0.3) is 0 Å². The van der Waals surface area contributed by atoms with Crippen LogP contribution in [0.25, 0.3) is 0 Å². The van der Waals surface area contributed by atoms with Crippen molar-refractivity contribution in [3.63, 3.8) is 0 Å². The fraction of sp³-hybridized carbons (Fsp3) is 0.556. The van der Waals surface area contributed by atoms with E-state index in [0.717, 1.165) is 0 Å². The second-order valence-corrected chi connectivity index (χ2v) is 4.09. The fourth-order valence-corrected chi connectivity index (χ4v) is 1.97. The number of ether oxygens (including phenoxy) is 1. The van der Waals surface area contributed by atoms with E-state index < -0.39 is 31.2 Å². The third kappa shape index (κ3) is 2.16. The SMILES string of the molecule is Nc1ccn([C@@H]2O[C@H](CO)C(O)C2F)c(=S)n1. The summed E-state index contributed by atoms with van der Waals surface area (Å²) >= 11 is 4.92. The predicted octanol–water partition coefficient (Wildman–Crippen LogP) is -0.217. The molecule has 0 amide bonds. The quantitative estimate of drug-likeness (QED) is 0.637. The van der Waals surface area contributed by atoms with Gasteiger partial charge in [-0.15, -0.1) is 0 Å². The first-order valence-corrected chi connectivity index (χ1v) is 5.38. The number of rotatable bonds is 2. The van der Waals surface area contributed by atoms with Crippen molar-refractivity contribution in [2.75, 3.05) is 12.3 Å². The lowest BCUT2D eigenvalue weighted by Gasteiger charge is -2.16. The van der Waals surface area contributed by atoms with Crippen molar-refractivity contribution in [2.24, 2.45) is 0 Å². The van der Waals surface area contributed by atoms with Crippen molar-refractivity contribution < 1.29 is 19.3 Å². The maximum absolute atomic E-state index is 13.8. The standard InChI is InChI=1S/C9H12FN3O3S/c10-6-7(15)4(3-14)16-8(6)13-2-1-5(11)12-9(13)17/h1-2,4,6-8,14-15H,3H2,(H2,11,12,17)/t4-,6?,7?,8-/m1/s1. The largest absolute Gasteiger partial charge is 0.394 e. The van der Waals surface area contributed by atoms with Crippen LogP contribution in [0.5, 0.6) is 0 Å². The summed E-state index contributed by atoms with van der Waals surface area (Å²) in [5.74, 6) is 0.221. The van der Waals surface area contributed by atoms with Crippen molar-refractivity contribution in [1.82, 2.24) is 9.55 Å². The molecular formula is C9H12FN3O3S. The second kappa shape index (κ2) is 4.65. The minimum absolute atomic E-state index is 0.0587. The molecule has 0 bridgehead atoms. The normalized spacial score (nSPS) is 32.9. The van der Waals surface area contributed by atoms with Gasteiger partial charge in [0.2, 0.25) is 4.77 Å². The van der Waals surface area contributed by atoms with Crippen molar-refractivity contribution in [3.8, 4) is 0 Å². The Kier molecular flexibility index (Phi) is 3.38. The highest BCUT2D eigenvalue weighted by atomic mass is 32.1. The molecule has 4 atom stereocenters. The molecule has 1 fully saturated rings. The maximum atomic E-state index is 13.8. The van der Waals surface area contributed by atoms with Crippen LogP contribution in [-0.4, -0.2) is 44.8 Å². The molecule has 94 valence electrons. The number of nitrogens with zero attached hydrogens (tertiary/aromatic N) is 2. The van der Waals surface area contributed by atoms with E-state index in [2.05, 4.69) is 4.98 Å². The number of nitrogens with two attached hydrogens (primary N) is 1. The molecule has 1 aromatic rings. The third-order valence-corrected chi connectivity index (χ3v) is 2.90. The summed E-state index contributed by atoms with van der Waals surface area (Å²) in [5.41, 5.74) is 5.43. The minimum atomic E-state index is -1.68. The lowest BCUT2D eigenvalue weighted by Crippen LogP contribution is -2.30. The van der Waals surface area contributed by atoms with E-state index in [1.54, 1.807) is 0 Å². The van der Waals surface area contributed by atoms with Gasteiger partial charge in [0, 0.05) is 6.20 Å². The van der Waals surface area contributed by atoms with E-state index in [4.69, 9.17) is 27.8 Å². The van der Waals surface area contributed by atoms with Gasteiger partial charge in [-0.2, -0.15) is 0 Å². The lowest BCUT2D eigenvalue weighted by atomic mass is 10.1. The van der Waals surface area contributed by atoms with Gasteiger partial charge in [0.05, 0.1) is 6.61 Å². The average Bonchev–Trinajstić information content (AvgIpc) is 2.57. The van der Waals surface area contributed by atoms with E-state index in [0.29, 0.717) is 0 Å². The summed E-state index contributed by atoms with van der Waals surface area (Å²) < 4.78 is 20.3. The van der Waals surface area contributed by atoms with Gasteiger partial charge in [-0.3, -0.25) is 4.57 Å². The Bertz CT molecular complexity index is 469. The Morgan fingerprint density at radius 3 is 2.88 bits per heavy atom. The van der Waals surface area contributed by atoms with Gasteiger partial charge in [-0.05, 0) is 18.3 Å². The second-order valence-electron chi connectivity index (χ2n) is 3.72. The highest BCUT2D eigenvalue weighted by molar-refractivity contribution is 7.71. The number of alkyl halides is 1. The molecule has 0 radical (unpaired) electrons. The van der Waals surface area contributed by atoms with E-state index in [1.165, 1.54) is 16.8 Å². The van der Waals surface area contributed by atoms with Crippen LogP contribution in [-0.2, 0) is 4.74 Å². The number of hydrogen-bond donors (Lipinski definition) is 3. The highest BCUT2D eigenvalue weighted by Crippen LogP contribution is 2.31. The summed E-state index contributed by atoms with van der Waals surface area (Å²) in [6.45, 7) is -0.464. The highest BCUT2D eigenvalue weighted by Gasteiger charge is 2.44. The molecule has 1 aliphatic rings. The zero-order valence-electron chi connectivity index (χ0n) is 8.73. The molecule has 2 heterocycles. The fourth-order valence-electron chi connectivity index (χ4n) is 1.70. The van der Waals surface area contributed by atoms with Crippen LogP contribution in [0.2, 0.25) is 0 Å². The zero-order chi connectivity index (χ0) is 12.6. The number of aliphatic hydroxyl groups is 2. The average molecular weight is 261 g/mol. The molecule has 6 nitrogen and oxygen atoms in total. The summed E-state index contributed by atoms with van der Waals surface area (Å²) in [6, 6.07) is 1.45. The smallest absolute Gasteiger partial charge is 0.203 e. The van der Waals surface area contributed by atoms with Crippen LogP contribution in [0.1, 0.15) is 6.23 Å². The van der Waals surface area contributed by atoms with E-state index >= 15 is 0 Å². The van der Waals surface area contributed by atoms with Crippen LogP contribution < -0.4 is 5.73 Å². The molecule has 0 aliphatic carbocycles. The van der Waals surface area contributed by atoms with Gasteiger partial charge >= 0.3 is 0 Å². The molecule has 0 spiro atoms. The predicted molar refractivity (Wildman–Crippen MR) is 59.4 cm³/mol. The van der Waals surface area contributed by atoms with Crippen molar-refractivity contribution >= 4 is 18.0 Å². The first-order chi connectivity index (χ1) is 8.04. The summed E-state index contributed by atoms with van der Waals surface area (Å²) in [6.07, 6.45) is -3.68. The van der Waals surface area contributed by atoms with Crippen molar-refractivity contribution in [1.29, 1.82) is 0 Å². The van der Waals surface area contributed by atoms with Crippen LogP contribution in [0, 0.1) is 4.77 Å². The van der Waals surface area contributed by atoms with Crippen LogP contribution in [0.15, 0.2) is 12.3 Å². The van der Waals surface area contributed by atoms with Crippen LogP contribution in [0.3, 0.4) is 0 Å². The molecule has 1 aromatic heterocycles. The van der Waals surface area contributed by atoms with Crippen molar-refractivity contribution in [2.45, 2.75) is 24.6 Å². The van der Waals surface area contributed by atoms with Crippen LogP contribution >= 0.6 is 12.2 Å². The maximum Gasteiger partial charge on any atom is 0.203 e. The first-order valence-electron chi connectivity index (χ1n) is 4.97. The zero-order valence-corrected chi connectivity index (χ0v) is 9.55. The summed E-state index contributed by atoms with van der Waals surface area (Å²) in [7, 11) is 0. The number of aromatic nitrogens is 2. The molecule has 1 saturated heterocycles. The Balaban J connectivity index is 2.32. The molecule has 4 N–H and O–H groups in total. The molecule has 8 heteroatoms. The molecular weight excluding hydrogens is 249 g/mol. The van der Waals surface area contributed by atoms with E-state index in [9.17, 15) is 9.50 Å². The summed E-state index contributed by atoms with van der Waals surface area (Å²) in [4.78, 5) is 3.79.